The zero-order valence-corrected chi connectivity index (χ0v) is 13.6. The highest BCUT2D eigenvalue weighted by Gasteiger charge is 2.09. The van der Waals surface area contributed by atoms with Crippen LogP contribution in [0.1, 0.15) is 16.3 Å². The van der Waals surface area contributed by atoms with Gasteiger partial charge in [0, 0.05) is 5.38 Å². The van der Waals surface area contributed by atoms with Gasteiger partial charge in [0.15, 0.2) is 0 Å². The van der Waals surface area contributed by atoms with Crippen molar-refractivity contribution in [2.24, 2.45) is 0 Å². The summed E-state index contributed by atoms with van der Waals surface area (Å²) in [4.78, 5) is 15.9. The third-order valence-electron chi connectivity index (χ3n) is 2.61. The van der Waals surface area contributed by atoms with Gasteiger partial charge >= 0.3 is 5.97 Å². The van der Waals surface area contributed by atoms with Crippen LogP contribution in [0.4, 0.5) is 0 Å². The number of aromatic nitrogens is 1. The molecule has 0 spiro atoms. The van der Waals surface area contributed by atoms with Crippen molar-refractivity contribution < 1.29 is 14.3 Å². The number of hydrogen-bond acceptors (Lipinski definition) is 5. The molecule has 2 aromatic rings. The van der Waals surface area contributed by atoms with Crippen molar-refractivity contribution in [1.82, 2.24) is 4.98 Å². The van der Waals surface area contributed by atoms with Gasteiger partial charge in [0.2, 0.25) is 0 Å². The number of hydrogen-bond donors (Lipinski definition) is 0. The van der Waals surface area contributed by atoms with Gasteiger partial charge in [-0.2, -0.15) is 0 Å². The molecule has 1 aromatic carbocycles. The molecule has 0 aliphatic carbocycles. The Kier molecular flexibility index (Phi) is 5.14. The van der Waals surface area contributed by atoms with Crippen LogP contribution < -0.4 is 4.74 Å². The molecule has 1 heterocycles. The molecule has 2 rings (SSSR count). The first-order valence-electron chi connectivity index (χ1n) is 5.97. The van der Waals surface area contributed by atoms with E-state index in [2.05, 4.69) is 20.9 Å². The predicted octanol–water partition coefficient (Wildman–Crippen LogP) is 3.51. The summed E-state index contributed by atoms with van der Waals surface area (Å²) in [5, 5.41) is 2.83. The molecule has 0 radical (unpaired) electrons. The first kappa shape index (κ1) is 15.0. The number of nitrogens with zero attached hydrogens (tertiary/aromatic N) is 1. The fraction of sp³-hybridized carbons (Fsp3) is 0.286. The largest absolute Gasteiger partial charge is 0.496 e. The maximum Gasteiger partial charge on any atom is 0.312 e. The molecule has 0 aliphatic heterocycles. The number of esters is 1. The summed E-state index contributed by atoms with van der Waals surface area (Å²) in [5.74, 6) is 0.472. The SMILES string of the molecule is COc1ccc(COC(=O)Cc2csc(C)n2)cc1Br. The lowest BCUT2D eigenvalue weighted by Gasteiger charge is -2.07. The fourth-order valence-corrected chi connectivity index (χ4v) is 2.85. The molecular formula is C14H14BrNO3S. The first-order valence-corrected chi connectivity index (χ1v) is 7.65. The number of rotatable bonds is 5. The van der Waals surface area contributed by atoms with Crippen LogP contribution >= 0.6 is 27.3 Å². The smallest absolute Gasteiger partial charge is 0.312 e. The minimum Gasteiger partial charge on any atom is -0.496 e. The highest BCUT2D eigenvalue weighted by Crippen LogP contribution is 2.25. The average molecular weight is 356 g/mol. The summed E-state index contributed by atoms with van der Waals surface area (Å²) >= 11 is 4.92. The Bertz CT molecular complexity index is 612. The van der Waals surface area contributed by atoms with Crippen LogP contribution in [0.15, 0.2) is 28.1 Å². The van der Waals surface area contributed by atoms with E-state index in [0.717, 1.165) is 26.5 Å². The van der Waals surface area contributed by atoms with Crippen molar-refractivity contribution in [2.75, 3.05) is 7.11 Å². The van der Waals surface area contributed by atoms with Crippen LogP contribution in [0.5, 0.6) is 5.75 Å². The van der Waals surface area contributed by atoms with Crippen LogP contribution in [0, 0.1) is 6.92 Å². The molecule has 0 fully saturated rings. The number of carbonyl (C=O) groups is 1. The highest BCUT2D eigenvalue weighted by molar-refractivity contribution is 9.10. The normalized spacial score (nSPS) is 10.3. The Morgan fingerprint density at radius 2 is 2.25 bits per heavy atom. The van der Waals surface area contributed by atoms with Crippen LogP contribution in [0.2, 0.25) is 0 Å². The maximum absolute atomic E-state index is 11.7. The van der Waals surface area contributed by atoms with Gasteiger partial charge in [-0.15, -0.1) is 11.3 Å². The van der Waals surface area contributed by atoms with E-state index in [0.29, 0.717) is 0 Å². The van der Waals surface area contributed by atoms with Crippen LogP contribution in [0.3, 0.4) is 0 Å². The van der Waals surface area contributed by atoms with E-state index < -0.39 is 0 Å². The quantitative estimate of drug-likeness (QED) is 0.770. The fourth-order valence-electron chi connectivity index (χ4n) is 1.65. The molecule has 0 unspecified atom stereocenters. The first-order chi connectivity index (χ1) is 9.58. The van der Waals surface area contributed by atoms with Crippen molar-refractivity contribution in [3.8, 4) is 5.75 Å². The lowest BCUT2D eigenvalue weighted by molar-refractivity contribution is -0.144. The van der Waals surface area contributed by atoms with E-state index in [1.54, 1.807) is 7.11 Å². The Balaban J connectivity index is 1.88. The Morgan fingerprint density at radius 3 is 2.85 bits per heavy atom. The maximum atomic E-state index is 11.7. The zero-order valence-electron chi connectivity index (χ0n) is 11.2. The molecule has 106 valence electrons. The van der Waals surface area contributed by atoms with E-state index in [9.17, 15) is 4.79 Å². The van der Waals surface area contributed by atoms with Crippen molar-refractivity contribution in [1.29, 1.82) is 0 Å². The van der Waals surface area contributed by atoms with E-state index in [-0.39, 0.29) is 19.0 Å². The molecule has 0 saturated heterocycles. The topological polar surface area (TPSA) is 48.4 Å². The third kappa shape index (κ3) is 4.05. The van der Waals surface area contributed by atoms with Crippen LogP contribution in [-0.4, -0.2) is 18.1 Å². The number of aryl methyl sites for hydroxylation is 1. The molecule has 1 aromatic heterocycles. The molecule has 0 saturated carbocycles. The second-order valence-electron chi connectivity index (χ2n) is 4.16. The lowest BCUT2D eigenvalue weighted by atomic mass is 10.2. The van der Waals surface area contributed by atoms with Gasteiger partial charge in [-0.3, -0.25) is 4.79 Å². The van der Waals surface area contributed by atoms with Crippen molar-refractivity contribution in [3.63, 3.8) is 0 Å². The number of carbonyl (C=O) groups excluding carboxylic acids is 1. The molecule has 0 bridgehead atoms. The minimum absolute atomic E-state index is 0.210. The van der Waals surface area contributed by atoms with Crippen molar-refractivity contribution in [3.05, 3.63) is 44.3 Å². The summed E-state index contributed by atoms with van der Waals surface area (Å²) in [7, 11) is 1.61. The van der Waals surface area contributed by atoms with Gasteiger partial charge in [0.1, 0.15) is 12.4 Å². The molecular weight excluding hydrogens is 342 g/mol. The molecule has 0 amide bonds. The number of ether oxygens (including phenoxy) is 2. The molecule has 6 heteroatoms. The summed E-state index contributed by atoms with van der Waals surface area (Å²) in [6.45, 7) is 2.15. The Hall–Kier alpha value is -1.40. The van der Waals surface area contributed by atoms with Crippen molar-refractivity contribution in [2.45, 2.75) is 20.0 Å². The number of thiazole rings is 1. The van der Waals surface area contributed by atoms with Gasteiger partial charge < -0.3 is 9.47 Å². The van der Waals surface area contributed by atoms with Gasteiger partial charge in [0.25, 0.3) is 0 Å². The van der Waals surface area contributed by atoms with E-state index >= 15 is 0 Å². The second kappa shape index (κ2) is 6.85. The minimum atomic E-state index is -0.276. The van der Waals surface area contributed by atoms with E-state index in [4.69, 9.17) is 9.47 Å². The summed E-state index contributed by atoms with van der Waals surface area (Å²) < 4.78 is 11.2. The van der Waals surface area contributed by atoms with Crippen LogP contribution in [0.25, 0.3) is 0 Å². The highest BCUT2D eigenvalue weighted by atomic mass is 79.9. The third-order valence-corrected chi connectivity index (χ3v) is 4.05. The molecule has 20 heavy (non-hydrogen) atoms. The summed E-state index contributed by atoms with van der Waals surface area (Å²) in [6.07, 6.45) is 0.210. The summed E-state index contributed by atoms with van der Waals surface area (Å²) in [6, 6.07) is 5.57. The second-order valence-corrected chi connectivity index (χ2v) is 6.08. The van der Waals surface area contributed by atoms with E-state index in [1.807, 2.05) is 30.5 Å². The number of halogens is 1. The van der Waals surface area contributed by atoms with Gasteiger partial charge in [-0.1, -0.05) is 6.07 Å². The zero-order chi connectivity index (χ0) is 14.5. The Morgan fingerprint density at radius 1 is 1.45 bits per heavy atom. The van der Waals surface area contributed by atoms with Crippen molar-refractivity contribution >= 4 is 33.2 Å². The van der Waals surface area contributed by atoms with Gasteiger partial charge in [-0.05, 0) is 40.5 Å². The Labute approximate surface area is 129 Å². The average Bonchev–Trinajstić information content (AvgIpc) is 2.82. The standard InChI is InChI=1S/C14H14BrNO3S/c1-9-16-11(8-20-9)6-14(17)19-7-10-3-4-13(18-2)12(15)5-10/h3-5,8H,6-7H2,1-2H3. The monoisotopic (exact) mass is 355 g/mol. The molecule has 0 N–H and O–H groups in total. The number of methoxy groups -OCH3 is 1. The number of benzene rings is 1. The lowest BCUT2D eigenvalue weighted by Crippen LogP contribution is -2.08. The van der Waals surface area contributed by atoms with Gasteiger partial charge in [-0.25, -0.2) is 4.98 Å². The molecule has 0 atom stereocenters. The van der Waals surface area contributed by atoms with Gasteiger partial charge in [0.05, 0.1) is 28.7 Å². The molecule has 0 aliphatic rings. The summed E-state index contributed by atoms with van der Waals surface area (Å²) in [5.41, 5.74) is 1.66. The molecule has 4 nitrogen and oxygen atoms in total. The predicted molar refractivity (Wildman–Crippen MR) is 81.0 cm³/mol. The van der Waals surface area contributed by atoms with E-state index in [1.165, 1.54) is 11.3 Å². The van der Waals surface area contributed by atoms with Crippen LogP contribution in [-0.2, 0) is 22.6 Å².